The largest absolute Gasteiger partial charge is 0.493 e. The lowest BCUT2D eigenvalue weighted by Gasteiger charge is -2.12. The van der Waals surface area contributed by atoms with Crippen molar-refractivity contribution < 1.29 is 27.8 Å². The molecule has 0 amide bonds. The van der Waals surface area contributed by atoms with Crippen LogP contribution in [0.15, 0.2) is 80.4 Å². The van der Waals surface area contributed by atoms with Gasteiger partial charge in [-0.1, -0.05) is 18.2 Å². The van der Waals surface area contributed by atoms with Crippen LogP contribution in [0, 0.1) is 6.92 Å². The number of fused-ring (bicyclic) bond motifs is 2. The number of ether oxygens (including phenoxy) is 3. The van der Waals surface area contributed by atoms with Crippen molar-refractivity contribution in [3.05, 3.63) is 88.3 Å². The van der Waals surface area contributed by atoms with Crippen LogP contribution in [0.2, 0.25) is 0 Å². The number of para-hydroxylation sites is 1. The second-order valence-corrected chi connectivity index (χ2v) is 7.70. The fraction of sp³-hybridized carbons (Fsp3) is 0.111. The highest BCUT2D eigenvalue weighted by Crippen LogP contribution is 2.35. The molecule has 0 spiro atoms. The van der Waals surface area contributed by atoms with Crippen molar-refractivity contribution in [2.45, 2.75) is 6.92 Å². The van der Waals surface area contributed by atoms with Crippen LogP contribution >= 0.6 is 0 Å². The highest BCUT2D eigenvalue weighted by atomic mass is 16.5. The van der Waals surface area contributed by atoms with E-state index in [0.29, 0.717) is 56.3 Å². The van der Waals surface area contributed by atoms with E-state index in [4.69, 9.17) is 23.0 Å². The summed E-state index contributed by atoms with van der Waals surface area (Å²) in [7, 11) is 3.01. The number of hydrogen-bond acceptors (Lipinski definition) is 7. The summed E-state index contributed by atoms with van der Waals surface area (Å²) in [6.45, 7) is 1.77. The van der Waals surface area contributed by atoms with E-state index in [2.05, 4.69) is 0 Å². The highest BCUT2D eigenvalue weighted by molar-refractivity contribution is 5.97. The molecule has 2 aromatic heterocycles. The molecule has 7 heteroatoms. The Morgan fingerprint density at radius 3 is 2.35 bits per heavy atom. The first-order chi connectivity index (χ1) is 16.5. The molecule has 0 N–H and O–H groups in total. The van der Waals surface area contributed by atoms with Crippen LogP contribution in [0.25, 0.3) is 33.3 Å². The Morgan fingerprint density at radius 2 is 1.59 bits per heavy atom. The van der Waals surface area contributed by atoms with Crippen LogP contribution < -0.4 is 19.8 Å². The number of esters is 1. The third-order valence-electron chi connectivity index (χ3n) is 5.55. The summed E-state index contributed by atoms with van der Waals surface area (Å²) in [5.74, 6) is 1.21. The van der Waals surface area contributed by atoms with E-state index < -0.39 is 11.6 Å². The molecule has 34 heavy (non-hydrogen) atoms. The van der Waals surface area contributed by atoms with Crippen LogP contribution in [0.3, 0.4) is 0 Å². The molecular weight excluding hydrogens is 436 g/mol. The average Bonchev–Trinajstić information content (AvgIpc) is 3.28. The first kappa shape index (κ1) is 21.3. The molecule has 170 valence electrons. The summed E-state index contributed by atoms with van der Waals surface area (Å²) >= 11 is 0. The van der Waals surface area contributed by atoms with E-state index in [0.717, 1.165) is 5.39 Å². The van der Waals surface area contributed by atoms with Gasteiger partial charge in [-0.05, 0) is 55.0 Å². The lowest BCUT2D eigenvalue weighted by atomic mass is 10.0. The summed E-state index contributed by atoms with van der Waals surface area (Å²) in [6.07, 6.45) is 0. The molecule has 0 aliphatic rings. The molecular formula is C27H20O7. The standard InChI is InChI=1S/C27H20O7/c1-15-10-23-18(13-22(15)34-27(29)17-8-9-21(30-2)25(12-17)31-3)19(14-26(28)33-23)24-11-16-6-4-5-7-20(16)32-24/h4-14H,1-3H3. The maximum atomic E-state index is 12.9. The summed E-state index contributed by atoms with van der Waals surface area (Å²) in [5.41, 5.74) is 2.04. The highest BCUT2D eigenvalue weighted by Gasteiger charge is 2.18. The summed E-state index contributed by atoms with van der Waals surface area (Å²) < 4.78 is 27.6. The molecule has 0 saturated heterocycles. The van der Waals surface area contributed by atoms with Crippen LogP contribution in [-0.2, 0) is 0 Å². The van der Waals surface area contributed by atoms with Gasteiger partial charge in [0.1, 0.15) is 22.7 Å². The van der Waals surface area contributed by atoms with Crippen LogP contribution in [0.4, 0.5) is 0 Å². The van der Waals surface area contributed by atoms with Gasteiger partial charge in [0.25, 0.3) is 0 Å². The second-order valence-electron chi connectivity index (χ2n) is 7.70. The van der Waals surface area contributed by atoms with Gasteiger partial charge < -0.3 is 23.0 Å². The van der Waals surface area contributed by atoms with Crippen molar-refractivity contribution in [1.29, 1.82) is 0 Å². The molecule has 5 rings (SSSR count). The number of carbonyl (C=O) groups excluding carboxylic acids is 1. The molecule has 0 fully saturated rings. The molecule has 0 aliphatic heterocycles. The maximum Gasteiger partial charge on any atom is 0.343 e. The van der Waals surface area contributed by atoms with E-state index in [9.17, 15) is 9.59 Å². The van der Waals surface area contributed by atoms with Crippen molar-refractivity contribution >= 4 is 27.9 Å². The van der Waals surface area contributed by atoms with E-state index >= 15 is 0 Å². The minimum Gasteiger partial charge on any atom is -0.493 e. The number of carbonyl (C=O) groups is 1. The van der Waals surface area contributed by atoms with Crippen molar-refractivity contribution in [1.82, 2.24) is 0 Å². The van der Waals surface area contributed by atoms with E-state index in [1.165, 1.54) is 20.3 Å². The Bertz CT molecular complexity index is 1570. The third-order valence-corrected chi connectivity index (χ3v) is 5.55. The van der Waals surface area contributed by atoms with Gasteiger partial charge >= 0.3 is 11.6 Å². The quantitative estimate of drug-likeness (QED) is 0.189. The smallest absolute Gasteiger partial charge is 0.343 e. The Morgan fingerprint density at radius 1 is 0.794 bits per heavy atom. The zero-order valence-electron chi connectivity index (χ0n) is 18.7. The fourth-order valence-electron chi connectivity index (χ4n) is 3.84. The number of aryl methyl sites for hydroxylation is 1. The minimum atomic E-state index is -0.564. The molecule has 0 aliphatic carbocycles. The number of methoxy groups -OCH3 is 2. The van der Waals surface area contributed by atoms with E-state index in [1.807, 2.05) is 30.3 Å². The zero-order chi connectivity index (χ0) is 23.8. The van der Waals surface area contributed by atoms with Gasteiger partial charge in [-0.2, -0.15) is 0 Å². The number of benzene rings is 3. The average molecular weight is 456 g/mol. The predicted octanol–water partition coefficient (Wildman–Crippen LogP) is 5.75. The van der Waals surface area contributed by atoms with Crippen molar-refractivity contribution in [3.63, 3.8) is 0 Å². The van der Waals surface area contributed by atoms with Gasteiger partial charge in [-0.3, -0.25) is 0 Å². The van der Waals surface area contributed by atoms with Crippen molar-refractivity contribution in [2.75, 3.05) is 14.2 Å². The molecule has 3 aromatic carbocycles. The fourth-order valence-corrected chi connectivity index (χ4v) is 3.84. The van der Waals surface area contributed by atoms with Crippen LogP contribution in [-0.4, -0.2) is 20.2 Å². The molecule has 0 saturated carbocycles. The lowest BCUT2D eigenvalue weighted by Crippen LogP contribution is -2.10. The SMILES string of the molecule is COc1ccc(C(=O)Oc2cc3c(-c4cc5ccccc5o4)cc(=O)oc3cc2C)cc1OC. The normalized spacial score (nSPS) is 11.0. The Hall–Kier alpha value is -4.52. The molecule has 0 atom stereocenters. The molecule has 2 heterocycles. The minimum absolute atomic E-state index is 0.300. The first-order valence-corrected chi connectivity index (χ1v) is 10.5. The van der Waals surface area contributed by atoms with Gasteiger partial charge in [0.05, 0.1) is 19.8 Å². The Kier molecular flexibility index (Phi) is 5.30. The van der Waals surface area contributed by atoms with Gasteiger partial charge in [0.2, 0.25) is 0 Å². The maximum absolute atomic E-state index is 12.9. The molecule has 7 nitrogen and oxygen atoms in total. The molecule has 0 bridgehead atoms. The second kappa shape index (κ2) is 8.44. The number of furan rings is 1. The summed E-state index contributed by atoms with van der Waals surface area (Å²) in [5, 5.41) is 1.49. The Labute approximate surface area is 194 Å². The van der Waals surface area contributed by atoms with Gasteiger partial charge in [-0.25, -0.2) is 9.59 Å². The van der Waals surface area contributed by atoms with Gasteiger partial charge in [0.15, 0.2) is 11.5 Å². The predicted molar refractivity (Wildman–Crippen MR) is 127 cm³/mol. The topological polar surface area (TPSA) is 88.1 Å². The summed E-state index contributed by atoms with van der Waals surface area (Å²) in [6, 6.07) is 18.9. The third kappa shape index (κ3) is 3.77. The van der Waals surface area contributed by atoms with E-state index in [-0.39, 0.29) is 0 Å². The van der Waals surface area contributed by atoms with Crippen LogP contribution in [0.5, 0.6) is 17.2 Å². The molecule has 5 aromatic rings. The van der Waals surface area contributed by atoms with Gasteiger partial charge in [0, 0.05) is 22.4 Å². The summed E-state index contributed by atoms with van der Waals surface area (Å²) in [4.78, 5) is 25.1. The van der Waals surface area contributed by atoms with Crippen molar-refractivity contribution in [2.24, 2.45) is 0 Å². The van der Waals surface area contributed by atoms with Crippen LogP contribution in [0.1, 0.15) is 15.9 Å². The number of rotatable bonds is 5. The number of hydrogen-bond donors (Lipinski definition) is 0. The molecule has 0 unspecified atom stereocenters. The lowest BCUT2D eigenvalue weighted by molar-refractivity contribution is 0.0733. The zero-order valence-corrected chi connectivity index (χ0v) is 18.7. The Balaban J connectivity index is 1.58. The van der Waals surface area contributed by atoms with Gasteiger partial charge in [-0.15, -0.1) is 0 Å². The first-order valence-electron chi connectivity index (χ1n) is 10.5. The van der Waals surface area contributed by atoms with Crippen molar-refractivity contribution in [3.8, 4) is 28.6 Å². The van der Waals surface area contributed by atoms with E-state index in [1.54, 1.807) is 37.3 Å². The molecule has 0 radical (unpaired) electrons. The monoisotopic (exact) mass is 456 g/mol.